The van der Waals surface area contributed by atoms with Gasteiger partial charge in [-0.15, -0.1) is 0 Å². The number of aryl methyl sites for hydroxylation is 1. The summed E-state index contributed by atoms with van der Waals surface area (Å²) >= 11 is 3.49. The lowest BCUT2D eigenvalue weighted by molar-refractivity contribution is -0.139. The summed E-state index contributed by atoms with van der Waals surface area (Å²) in [6.07, 6.45) is 8.21. The third kappa shape index (κ3) is 3.26. The minimum absolute atomic E-state index is 0.172. The van der Waals surface area contributed by atoms with Gasteiger partial charge >= 0.3 is 0 Å². The van der Waals surface area contributed by atoms with Crippen molar-refractivity contribution in [2.75, 3.05) is 24.5 Å². The second-order valence-electron chi connectivity index (χ2n) is 8.31. The highest BCUT2D eigenvalue weighted by atomic mass is 79.9. The number of halogens is 1. The molecule has 0 bridgehead atoms. The molecule has 3 fully saturated rings. The molecule has 0 radical (unpaired) electrons. The predicted molar refractivity (Wildman–Crippen MR) is 105 cm³/mol. The number of hydrogen-bond acceptors (Lipinski definition) is 4. The Morgan fingerprint density at radius 1 is 1.23 bits per heavy atom. The van der Waals surface area contributed by atoms with Crippen molar-refractivity contribution in [3.8, 4) is 0 Å². The highest BCUT2D eigenvalue weighted by molar-refractivity contribution is 9.10. The van der Waals surface area contributed by atoms with Crippen LogP contribution in [0.5, 0.6) is 0 Å². The molecule has 3 heterocycles. The zero-order valence-corrected chi connectivity index (χ0v) is 17.0. The summed E-state index contributed by atoms with van der Waals surface area (Å²) in [5.41, 5.74) is 0.912. The Bertz CT molecular complexity index is 690. The summed E-state index contributed by atoms with van der Waals surface area (Å²) in [6, 6.07) is 2.42. The molecule has 1 aliphatic carbocycles. The van der Waals surface area contributed by atoms with Crippen molar-refractivity contribution in [2.45, 2.75) is 64.0 Å². The molecule has 2 aliphatic heterocycles. The third-order valence-corrected chi connectivity index (χ3v) is 6.98. The van der Waals surface area contributed by atoms with Gasteiger partial charge in [-0.3, -0.25) is 4.79 Å². The minimum atomic E-state index is -0.241. The number of carbonyl (C=O) groups excluding carboxylic acids is 1. The van der Waals surface area contributed by atoms with Crippen molar-refractivity contribution < 1.29 is 9.90 Å². The molecule has 0 aromatic carbocycles. The maximum absolute atomic E-state index is 13.4. The Morgan fingerprint density at radius 2 is 2.00 bits per heavy atom. The van der Waals surface area contributed by atoms with E-state index in [0.717, 1.165) is 80.4 Å². The van der Waals surface area contributed by atoms with Gasteiger partial charge in [-0.1, -0.05) is 0 Å². The van der Waals surface area contributed by atoms with E-state index < -0.39 is 0 Å². The lowest BCUT2D eigenvalue weighted by atomic mass is 9.78. The largest absolute Gasteiger partial charge is 0.393 e. The molecule has 142 valence electrons. The molecular weight excluding hydrogens is 394 g/mol. The Hall–Kier alpha value is -1.14. The summed E-state index contributed by atoms with van der Waals surface area (Å²) in [5, 5.41) is 9.76. The van der Waals surface area contributed by atoms with Gasteiger partial charge < -0.3 is 14.9 Å². The predicted octanol–water partition coefficient (Wildman–Crippen LogP) is 3.27. The lowest BCUT2D eigenvalue weighted by Crippen LogP contribution is -2.50. The van der Waals surface area contributed by atoms with Gasteiger partial charge in [0, 0.05) is 36.3 Å². The average Bonchev–Trinajstić information content (AvgIpc) is 2.92. The maximum Gasteiger partial charge on any atom is 0.230 e. The Morgan fingerprint density at radius 3 is 2.73 bits per heavy atom. The molecule has 1 aromatic rings. The topological polar surface area (TPSA) is 56.7 Å². The zero-order valence-electron chi connectivity index (χ0n) is 15.5. The first-order valence-electron chi connectivity index (χ1n) is 9.85. The summed E-state index contributed by atoms with van der Waals surface area (Å²) in [7, 11) is 0. The van der Waals surface area contributed by atoms with Gasteiger partial charge in [0.2, 0.25) is 5.91 Å². The molecule has 4 rings (SSSR count). The molecule has 26 heavy (non-hydrogen) atoms. The van der Waals surface area contributed by atoms with Crippen LogP contribution in [0.15, 0.2) is 16.7 Å². The number of likely N-dealkylation sites (tertiary alicyclic amines) is 1. The summed E-state index contributed by atoms with van der Waals surface area (Å²) in [6.45, 7) is 4.72. The number of aliphatic hydroxyl groups is 1. The van der Waals surface area contributed by atoms with Crippen LogP contribution in [0.1, 0.15) is 50.5 Å². The SMILES string of the molecule is Cc1cc(Br)cnc1N1CCCC2(CCN([C@H]3CC[C@@H](O)CC3)C2=O)C1. The van der Waals surface area contributed by atoms with E-state index in [-0.39, 0.29) is 11.5 Å². The van der Waals surface area contributed by atoms with Gasteiger partial charge in [0.1, 0.15) is 5.82 Å². The second kappa shape index (κ2) is 7.12. The second-order valence-corrected chi connectivity index (χ2v) is 9.23. The standard InChI is InChI=1S/C20H28BrN3O2/c1-14-11-15(21)12-22-18(14)23-9-2-7-20(13-23)8-10-24(19(20)26)16-3-5-17(25)6-4-16/h11-12,16-17,25H,2-10,13H2,1H3/t16-,17+,20?. The zero-order chi connectivity index (χ0) is 18.3. The van der Waals surface area contributed by atoms with Gasteiger partial charge in [-0.25, -0.2) is 4.98 Å². The number of hydrogen-bond donors (Lipinski definition) is 1. The molecule has 1 spiro atoms. The van der Waals surface area contributed by atoms with Gasteiger partial charge in [-0.2, -0.15) is 0 Å². The molecule has 1 N–H and O–H groups in total. The van der Waals surface area contributed by atoms with E-state index in [9.17, 15) is 9.90 Å². The van der Waals surface area contributed by atoms with Crippen LogP contribution in [-0.4, -0.2) is 52.7 Å². The number of nitrogens with zero attached hydrogens (tertiary/aromatic N) is 3. The Labute approximate surface area is 163 Å². The number of amides is 1. The van der Waals surface area contributed by atoms with Gasteiger partial charge in [-0.05, 0) is 79.4 Å². The molecule has 1 amide bonds. The molecule has 6 heteroatoms. The van der Waals surface area contributed by atoms with Crippen molar-refractivity contribution >= 4 is 27.7 Å². The molecule has 1 aromatic heterocycles. The molecule has 3 aliphatic rings. The molecule has 1 unspecified atom stereocenters. The van der Waals surface area contributed by atoms with E-state index >= 15 is 0 Å². The first kappa shape index (κ1) is 18.2. The maximum atomic E-state index is 13.4. The van der Waals surface area contributed by atoms with Crippen LogP contribution in [0.2, 0.25) is 0 Å². The van der Waals surface area contributed by atoms with Crippen LogP contribution in [0.4, 0.5) is 5.82 Å². The van der Waals surface area contributed by atoms with E-state index in [1.165, 1.54) is 0 Å². The van der Waals surface area contributed by atoms with E-state index in [4.69, 9.17) is 0 Å². The monoisotopic (exact) mass is 421 g/mol. The van der Waals surface area contributed by atoms with Crippen LogP contribution in [0.3, 0.4) is 0 Å². The van der Waals surface area contributed by atoms with Crippen molar-refractivity contribution in [2.24, 2.45) is 5.41 Å². The first-order valence-corrected chi connectivity index (χ1v) is 10.6. The summed E-state index contributed by atoms with van der Waals surface area (Å²) in [4.78, 5) is 22.5. The van der Waals surface area contributed by atoms with Crippen LogP contribution in [0.25, 0.3) is 0 Å². The van der Waals surface area contributed by atoms with Crippen LogP contribution in [-0.2, 0) is 4.79 Å². The number of pyridine rings is 1. The fraction of sp³-hybridized carbons (Fsp3) is 0.700. The fourth-order valence-corrected chi connectivity index (χ4v) is 5.57. The van der Waals surface area contributed by atoms with E-state index in [2.05, 4.69) is 43.7 Å². The minimum Gasteiger partial charge on any atom is -0.393 e. The molecular formula is C20H28BrN3O2. The fourth-order valence-electron chi connectivity index (χ4n) is 5.12. The van der Waals surface area contributed by atoms with Crippen LogP contribution < -0.4 is 4.90 Å². The molecule has 2 saturated heterocycles. The van der Waals surface area contributed by atoms with Gasteiger partial charge in [0.05, 0.1) is 11.5 Å². The smallest absolute Gasteiger partial charge is 0.230 e. The van der Waals surface area contributed by atoms with Crippen molar-refractivity contribution in [3.05, 3.63) is 22.3 Å². The van der Waals surface area contributed by atoms with Crippen molar-refractivity contribution in [3.63, 3.8) is 0 Å². The Balaban J connectivity index is 1.50. The number of aliphatic hydroxyl groups excluding tert-OH is 1. The van der Waals surface area contributed by atoms with Gasteiger partial charge in [0.15, 0.2) is 0 Å². The lowest BCUT2D eigenvalue weighted by Gasteiger charge is -2.41. The quantitative estimate of drug-likeness (QED) is 0.795. The summed E-state index contributed by atoms with van der Waals surface area (Å²) in [5.74, 6) is 1.36. The van der Waals surface area contributed by atoms with Crippen LogP contribution in [0, 0.1) is 12.3 Å². The third-order valence-electron chi connectivity index (χ3n) is 6.55. The van der Waals surface area contributed by atoms with Crippen LogP contribution >= 0.6 is 15.9 Å². The average molecular weight is 422 g/mol. The number of piperidine rings is 1. The number of rotatable bonds is 2. The Kier molecular flexibility index (Phi) is 4.99. The van der Waals surface area contributed by atoms with E-state index in [0.29, 0.717) is 11.9 Å². The number of carbonyl (C=O) groups is 1. The summed E-state index contributed by atoms with van der Waals surface area (Å²) < 4.78 is 0.994. The highest BCUT2D eigenvalue weighted by Gasteiger charge is 2.50. The number of aromatic nitrogens is 1. The first-order chi connectivity index (χ1) is 12.5. The molecule has 5 nitrogen and oxygen atoms in total. The number of anilines is 1. The molecule has 1 saturated carbocycles. The van der Waals surface area contributed by atoms with Crippen molar-refractivity contribution in [1.29, 1.82) is 0 Å². The van der Waals surface area contributed by atoms with Crippen molar-refractivity contribution in [1.82, 2.24) is 9.88 Å². The normalized spacial score (nSPS) is 32.5. The molecule has 1 atom stereocenters. The van der Waals surface area contributed by atoms with E-state index in [1.807, 2.05) is 6.20 Å². The van der Waals surface area contributed by atoms with Gasteiger partial charge in [0.25, 0.3) is 0 Å². The highest BCUT2D eigenvalue weighted by Crippen LogP contribution is 2.43. The van der Waals surface area contributed by atoms with E-state index in [1.54, 1.807) is 0 Å².